The zero-order valence-corrected chi connectivity index (χ0v) is 18.8. The molecule has 2 aliphatic rings. The first kappa shape index (κ1) is 22.3. The number of nitrogens with one attached hydrogen (secondary N) is 3. The summed E-state index contributed by atoms with van der Waals surface area (Å²) in [5, 5.41) is 8.21. The fourth-order valence-corrected chi connectivity index (χ4v) is 4.23. The molecule has 30 heavy (non-hydrogen) atoms. The first-order valence-corrected chi connectivity index (χ1v) is 11.0. The maximum absolute atomic E-state index is 12.8. The molecule has 0 radical (unpaired) electrons. The molecule has 5 amide bonds. The van der Waals surface area contributed by atoms with Crippen molar-refractivity contribution in [1.82, 2.24) is 15.5 Å². The fourth-order valence-electron chi connectivity index (χ4n) is 3.87. The molecule has 2 fully saturated rings. The van der Waals surface area contributed by atoms with Crippen LogP contribution in [0.5, 0.6) is 0 Å². The largest absolute Gasteiger partial charge is 0.354 e. The van der Waals surface area contributed by atoms with Crippen LogP contribution >= 0.6 is 15.9 Å². The van der Waals surface area contributed by atoms with Crippen molar-refractivity contribution in [2.75, 3.05) is 18.4 Å². The molecule has 3 rings (SSSR count). The maximum atomic E-state index is 12.8. The minimum absolute atomic E-state index is 0.0830. The highest BCUT2D eigenvalue weighted by molar-refractivity contribution is 9.10. The lowest BCUT2D eigenvalue weighted by atomic mass is 9.77. The Labute approximate surface area is 184 Å². The molecule has 1 heterocycles. The lowest BCUT2D eigenvalue weighted by Gasteiger charge is -2.33. The molecule has 1 spiro atoms. The third-order valence-electron chi connectivity index (χ3n) is 5.82. The number of benzene rings is 1. The average Bonchev–Trinajstić information content (AvgIpc) is 2.91. The zero-order valence-electron chi connectivity index (χ0n) is 17.2. The minimum atomic E-state index is -0.856. The molecule has 0 unspecified atom stereocenters. The number of carbonyl (C=O) groups is 4. The van der Waals surface area contributed by atoms with Crippen molar-refractivity contribution < 1.29 is 19.2 Å². The number of imide groups is 1. The topological polar surface area (TPSA) is 108 Å². The smallest absolute Gasteiger partial charge is 0.325 e. The van der Waals surface area contributed by atoms with Crippen molar-refractivity contribution in [3.05, 3.63) is 28.2 Å². The molecule has 0 aromatic heterocycles. The number of aryl methyl sites for hydroxylation is 1. The Morgan fingerprint density at radius 3 is 2.63 bits per heavy atom. The van der Waals surface area contributed by atoms with Gasteiger partial charge in [-0.1, -0.05) is 28.9 Å². The summed E-state index contributed by atoms with van der Waals surface area (Å²) in [6.45, 7) is 3.80. The van der Waals surface area contributed by atoms with Crippen LogP contribution in [0.15, 0.2) is 22.7 Å². The lowest BCUT2D eigenvalue weighted by Crippen LogP contribution is -2.50. The molecule has 0 atom stereocenters. The number of hydrogen-bond donors (Lipinski definition) is 3. The minimum Gasteiger partial charge on any atom is -0.354 e. The molecule has 9 heteroatoms. The van der Waals surface area contributed by atoms with Gasteiger partial charge in [0.25, 0.3) is 5.91 Å². The van der Waals surface area contributed by atoms with Crippen LogP contribution in [0.4, 0.5) is 10.5 Å². The van der Waals surface area contributed by atoms with Gasteiger partial charge in [0, 0.05) is 23.1 Å². The Morgan fingerprint density at radius 1 is 1.23 bits per heavy atom. The molecular formula is C21H27BrN4O4. The SMILES string of the molecule is Cc1ccc(Br)cc1NC(=O)CCNC(=O)CN1C(=O)NC2(CCC(C)CC2)C1=O. The second kappa shape index (κ2) is 9.16. The summed E-state index contributed by atoms with van der Waals surface area (Å²) in [5.41, 5.74) is 0.776. The fraction of sp³-hybridized carbons (Fsp3) is 0.524. The van der Waals surface area contributed by atoms with E-state index >= 15 is 0 Å². The number of anilines is 1. The molecule has 1 saturated heterocycles. The number of halogens is 1. The standard InChI is InChI=1S/C21H27BrN4O4/c1-13-5-8-21(9-6-13)19(29)26(20(30)25-21)12-18(28)23-10-7-17(27)24-16-11-15(22)4-3-14(16)2/h3-4,11,13H,5-10,12H2,1-2H3,(H,23,28)(H,24,27)(H,25,30). The Balaban J connectivity index is 1.45. The summed E-state index contributed by atoms with van der Waals surface area (Å²) in [6, 6.07) is 5.07. The Hall–Kier alpha value is -2.42. The molecule has 8 nitrogen and oxygen atoms in total. The van der Waals surface area contributed by atoms with Crippen LogP contribution in [0.1, 0.15) is 44.6 Å². The Morgan fingerprint density at radius 2 is 1.93 bits per heavy atom. The highest BCUT2D eigenvalue weighted by Crippen LogP contribution is 2.36. The quantitative estimate of drug-likeness (QED) is 0.546. The zero-order chi connectivity index (χ0) is 21.9. The van der Waals surface area contributed by atoms with Crippen molar-refractivity contribution in [2.45, 2.75) is 51.5 Å². The number of nitrogens with zero attached hydrogens (tertiary/aromatic N) is 1. The number of hydrogen-bond acceptors (Lipinski definition) is 4. The molecule has 0 bridgehead atoms. The third-order valence-corrected chi connectivity index (χ3v) is 6.32. The second-order valence-electron chi connectivity index (χ2n) is 8.19. The summed E-state index contributed by atoms with van der Waals surface area (Å²) >= 11 is 3.37. The molecule has 1 aliphatic heterocycles. The molecule has 1 aliphatic carbocycles. The van der Waals surface area contributed by atoms with E-state index < -0.39 is 17.5 Å². The van der Waals surface area contributed by atoms with E-state index in [-0.39, 0.29) is 31.3 Å². The second-order valence-corrected chi connectivity index (χ2v) is 9.11. The summed E-state index contributed by atoms with van der Waals surface area (Å²) in [4.78, 5) is 50.4. The molecule has 1 aromatic rings. The highest BCUT2D eigenvalue weighted by atomic mass is 79.9. The van der Waals surface area contributed by atoms with Crippen LogP contribution in [-0.4, -0.2) is 47.3 Å². The van der Waals surface area contributed by atoms with E-state index in [2.05, 4.69) is 38.8 Å². The average molecular weight is 479 g/mol. The van der Waals surface area contributed by atoms with Gasteiger partial charge in [-0.3, -0.25) is 19.3 Å². The van der Waals surface area contributed by atoms with Crippen LogP contribution in [-0.2, 0) is 14.4 Å². The van der Waals surface area contributed by atoms with E-state index in [9.17, 15) is 19.2 Å². The molecule has 1 aromatic carbocycles. The van der Waals surface area contributed by atoms with Gasteiger partial charge in [-0.15, -0.1) is 0 Å². The Kier molecular flexibility index (Phi) is 6.80. The van der Waals surface area contributed by atoms with Gasteiger partial charge in [0.1, 0.15) is 12.1 Å². The van der Waals surface area contributed by atoms with Gasteiger partial charge in [-0.2, -0.15) is 0 Å². The molecular weight excluding hydrogens is 452 g/mol. The number of carbonyl (C=O) groups excluding carboxylic acids is 4. The van der Waals surface area contributed by atoms with Gasteiger partial charge < -0.3 is 16.0 Å². The van der Waals surface area contributed by atoms with Gasteiger partial charge >= 0.3 is 6.03 Å². The number of amides is 5. The van der Waals surface area contributed by atoms with E-state index in [0.29, 0.717) is 24.4 Å². The lowest BCUT2D eigenvalue weighted by molar-refractivity contribution is -0.136. The molecule has 1 saturated carbocycles. The van der Waals surface area contributed by atoms with E-state index in [1.165, 1.54) is 0 Å². The van der Waals surface area contributed by atoms with Crippen LogP contribution in [0.25, 0.3) is 0 Å². The van der Waals surface area contributed by atoms with Crippen LogP contribution < -0.4 is 16.0 Å². The normalized spacial score (nSPS) is 23.4. The molecule has 3 N–H and O–H groups in total. The van der Waals surface area contributed by atoms with Gasteiger partial charge in [0.05, 0.1) is 0 Å². The van der Waals surface area contributed by atoms with Crippen LogP contribution in [0.2, 0.25) is 0 Å². The first-order chi connectivity index (χ1) is 14.2. The van der Waals surface area contributed by atoms with Crippen molar-refractivity contribution in [1.29, 1.82) is 0 Å². The van der Waals surface area contributed by atoms with E-state index in [4.69, 9.17) is 0 Å². The monoisotopic (exact) mass is 478 g/mol. The summed E-state index contributed by atoms with van der Waals surface area (Å²) in [5.74, 6) is -0.491. The van der Waals surface area contributed by atoms with E-state index in [1.54, 1.807) is 0 Å². The van der Waals surface area contributed by atoms with E-state index in [1.807, 2.05) is 25.1 Å². The highest BCUT2D eigenvalue weighted by Gasteiger charge is 2.52. The first-order valence-electron chi connectivity index (χ1n) is 10.2. The summed E-state index contributed by atoms with van der Waals surface area (Å²) in [7, 11) is 0. The van der Waals surface area contributed by atoms with Gasteiger partial charge in [-0.25, -0.2) is 4.79 Å². The summed E-state index contributed by atoms with van der Waals surface area (Å²) in [6.07, 6.45) is 3.04. The van der Waals surface area contributed by atoms with Crippen LogP contribution in [0.3, 0.4) is 0 Å². The summed E-state index contributed by atoms with van der Waals surface area (Å²) < 4.78 is 0.857. The van der Waals surface area contributed by atoms with Crippen LogP contribution in [0, 0.1) is 12.8 Å². The third kappa shape index (κ3) is 5.00. The van der Waals surface area contributed by atoms with E-state index in [0.717, 1.165) is 27.8 Å². The Bertz CT molecular complexity index is 865. The predicted octanol–water partition coefficient (Wildman–Crippen LogP) is 2.70. The van der Waals surface area contributed by atoms with Crippen molar-refractivity contribution >= 4 is 45.4 Å². The number of urea groups is 1. The van der Waals surface area contributed by atoms with Gasteiger partial charge in [0.15, 0.2) is 0 Å². The van der Waals surface area contributed by atoms with Crippen molar-refractivity contribution in [3.8, 4) is 0 Å². The maximum Gasteiger partial charge on any atom is 0.325 e. The predicted molar refractivity (Wildman–Crippen MR) is 116 cm³/mol. The number of rotatable bonds is 6. The van der Waals surface area contributed by atoms with Gasteiger partial charge in [-0.05, 0) is 56.2 Å². The van der Waals surface area contributed by atoms with Crippen molar-refractivity contribution in [3.63, 3.8) is 0 Å². The van der Waals surface area contributed by atoms with Gasteiger partial charge in [0.2, 0.25) is 11.8 Å². The van der Waals surface area contributed by atoms with Crippen molar-refractivity contribution in [2.24, 2.45) is 5.92 Å². The molecule has 162 valence electrons.